The Morgan fingerprint density at radius 3 is 2.71 bits per heavy atom. The number of nitrogens with zero attached hydrogens (tertiary/aromatic N) is 2. The highest BCUT2D eigenvalue weighted by atomic mass is 16.1. The van der Waals surface area contributed by atoms with Gasteiger partial charge in [-0.3, -0.25) is 4.79 Å². The van der Waals surface area contributed by atoms with Crippen molar-refractivity contribution in [3.05, 3.63) is 48.4 Å². The Labute approximate surface area is 97.1 Å². The maximum Gasteiger partial charge on any atom is 0.248 e. The molecule has 0 aliphatic carbocycles. The average molecular weight is 223 g/mol. The van der Waals surface area contributed by atoms with Crippen LogP contribution in [-0.4, -0.2) is 15.9 Å². The lowest BCUT2D eigenvalue weighted by Gasteiger charge is -2.03. The van der Waals surface area contributed by atoms with Crippen molar-refractivity contribution in [1.82, 2.24) is 9.97 Å². The van der Waals surface area contributed by atoms with E-state index in [2.05, 4.69) is 9.97 Å². The van der Waals surface area contributed by atoms with Crippen molar-refractivity contribution < 1.29 is 4.79 Å². The minimum Gasteiger partial charge on any atom is -0.366 e. The number of amides is 1. The number of aromatic nitrogens is 2. The highest BCUT2D eigenvalue weighted by Crippen LogP contribution is 2.23. The van der Waals surface area contributed by atoms with Gasteiger partial charge in [0, 0.05) is 22.5 Å². The largest absolute Gasteiger partial charge is 0.366 e. The predicted octanol–water partition coefficient (Wildman–Crippen LogP) is 1.88. The first-order chi connectivity index (χ1) is 8.25. The molecular formula is C13H9N3O. The standard InChI is InChI=1S/C13H9N3O/c14-13(17)9-3-1-8-2-4-10-6-15-7-16-12(10)11(8)5-9/h1-7H,(H2,14,17). The Kier molecular flexibility index (Phi) is 2.01. The molecule has 0 aliphatic rings. The second-order valence-electron chi connectivity index (χ2n) is 3.83. The molecule has 0 unspecified atom stereocenters. The van der Waals surface area contributed by atoms with Crippen molar-refractivity contribution in [1.29, 1.82) is 0 Å². The molecule has 1 amide bonds. The highest BCUT2D eigenvalue weighted by molar-refractivity contribution is 6.07. The predicted molar refractivity (Wildman–Crippen MR) is 65.6 cm³/mol. The summed E-state index contributed by atoms with van der Waals surface area (Å²) in [4.78, 5) is 19.4. The summed E-state index contributed by atoms with van der Waals surface area (Å²) in [5.41, 5.74) is 6.60. The minimum absolute atomic E-state index is 0.432. The summed E-state index contributed by atoms with van der Waals surface area (Å²) in [6.07, 6.45) is 3.25. The summed E-state index contributed by atoms with van der Waals surface area (Å²) >= 11 is 0. The zero-order chi connectivity index (χ0) is 11.8. The van der Waals surface area contributed by atoms with E-state index in [1.807, 2.05) is 18.2 Å². The van der Waals surface area contributed by atoms with Crippen LogP contribution in [0.5, 0.6) is 0 Å². The van der Waals surface area contributed by atoms with Crippen molar-refractivity contribution in [2.45, 2.75) is 0 Å². The van der Waals surface area contributed by atoms with E-state index in [4.69, 9.17) is 5.73 Å². The lowest BCUT2D eigenvalue weighted by Crippen LogP contribution is -2.10. The quantitative estimate of drug-likeness (QED) is 0.640. The maximum absolute atomic E-state index is 11.2. The van der Waals surface area contributed by atoms with Crippen LogP contribution in [-0.2, 0) is 0 Å². The molecule has 1 heterocycles. The van der Waals surface area contributed by atoms with Gasteiger partial charge in [0.2, 0.25) is 5.91 Å². The maximum atomic E-state index is 11.2. The third-order valence-corrected chi connectivity index (χ3v) is 2.78. The molecule has 0 bridgehead atoms. The van der Waals surface area contributed by atoms with Crippen molar-refractivity contribution in [2.24, 2.45) is 5.73 Å². The fourth-order valence-electron chi connectivity index (χ4n) is 1.93. The van der Waals surface area contributed by atoms with Gasteiger partial charge in [-0.2, -0.15) is 0 Å². The first kappa shape index (κ1) is 9.72. The monoisotopic (exact) mass is 223 g/mol. The number of nitrogens with two attached hydrogens (primary N) is 1. The first-order valence-corrected chi connectivity index (χ1v) is 5.18. The first-order valence-electron chi connectivity index (χ1n) is 5.18. The van der Waals surface area contributed by atoms with Gasteiger partial charge >= 0.3 is 0 Å². The second kappa shape index (κ2) is 3.52. The van der Waals surface area contributed by atoms with Crippen LogP contribution in [0, 0.1) is 0 Å². The molecule has 3 rings (SSSR count). The van der Waals surface area contributed by atoms with Crippen molar-refractivity contribution in [2.75, 3.05) is 0 Å². The SMILES string of the molecule is NC(=O)c1ccc2ccc3cncnc3c2c1. The van der Waals surface area contributed by atoms with Gasteiger partial charge in [0.05, 0.1) is 5.52 Å². The molecule has 0 fully saturated rings. The highest BCUT2D eigenvalue weighted by Gasteiger charge is 2.05. The summed E-state index contributed by atoms with van der Waals surface area (Å²) in [5, 5.41) is 2.89. The summed E-state index contributed by atoms with van der Waals surface area (Å²) < 4.78 is 0. The molecule has 1 aromatic heterocycles. The molecule has 4 nitrogen and oxygen atoms in total. The van der Waals surface area contributed by atoms with Crippen LogP contribution in [0.3, 0.4) is 0 Å². The van der Waals surface area contributed by atoms with Crippen molar-refractivity contribution in [3.63, 3.8) is 0 Å². The van der Waals surface area contributed by atoms with Gasteiger partial charge in [-0.15, -0.1) is 0 Å². The molecule has 17 heavy (non-hydrogen) atoms. The van der Waals surface area contributed by atoms with Gasteiger partial charge in [0.25, 0.3) is 0 Å². The normalized spacial score (nSPS) is 10.8. The van der Waals surface area contributed by atoms with Crippen LogP contribution in [0.1, 0.15) is 10.4 Å². The minimum atomic E-state index is -0.432. The van der Waals surface area contributed by atoms with Gasteiger partial charge in [-0.05, 0) is 17.5 Å². The van der Waals surface area contributed by atoms with Gasteiger partial charge in [-0.1, -0.05) is 18.2 Å². The molecule has 82 valence electrons. The molecule has 2 aromatic carbocycles. The lowest BCUT2D eigenvalue weighted by atomic mass is 10.0. The number of benzene rings is 2. The molecule has 0 saturated carbocycles. The summed E-state index contributed by atoms with van der Waals surface area (Å²) in [6.45, 7) is 0. The van der Waals surface area contributed by atoms with Crippen molar-refractivity contribution >= 4 is 27.6 Å². The smallest absolute Gasteiger partial charge is 0.248 e. The van der Waals surface area contributed by atoms with Crippen LogP contribution >= 0.6 is 0 Å². The van der Waals surface area contributed by atoms with E-state index in [1.54, 1.807) is 18.3 Å². The summed E-state index contributed by atoms with van der Waals surface area (Å²) in [5.74, 6) is -0.432. The second-order valence-corrected chi connectivity index (χ2v) is 3.83. The Morgan fingerprint density at radius 1 is 1.12 bits per heavy atom. The molecule has 0 aliphatic heterocycles. The zero-order valence-corrected chi connectivity index (χ0v) is 8.92. The number of hydrogen-bond acceptors (Lipinski definition) is 3. The number of carbonyl (C=O) groups excluding carboxylic acids is 1. The van der Waals surface area contributed by atoms with Crippen LogP contribution in [0.2, 0.25) is 0 Å². The molecule has 4 heteroatoms. The molecule has 0 atom stereocenters. The molecule has 0 saturated heterocycles. The summed E-state index contributed by atoms with van der Waals surface area (Å²) in [7, 11) is 0. The third kappa shape index (κ3) is 1.50. The number of primary amides is 1. The molecular weight excluding hydrogens is 214 g/mol. The number of fused-ring (bicyclic) bond motifs is 3. The van der Waals surface area contributed by atoms with E-state index in [9.17, 15) is 4.79 Å². The van der Waals surface area contributed by atoms with Gasteiger partial charge in [0.15, 0.2) is 0 Å². The van der Waals surface area contributed by atoms with Crippen LogP contribution in [0.25, 0.3) is 21.7 Å². The molecule has 2 N–H and O–H groups in total. The van der Waals surface area contributed by atoms with Gasteiger partial charge in [-0.25, -0.2) is 9.97 Å². The van der Waals surface area contributed by atoms with Crippen LogP contribution in [0.4, 0.5) is 0 Å². The van der Waals surface area contributed by atoms with Crippen LogP contribution in [0.15, 0.2) is 42.9 Å². The Balaban J connectivity index is 2.46. The fraction of sp³-hybridized carbons (Fsp3) is 0. The van der Waals surface area contributed by atoms with Gasteiger partial charge in [0.1, 0.15) is 6.33 Å². The van der Waals surface area contributed by atoms with E-state index < -0.39 is 5.91 Å². The molecule has 0 radical (unpaired) electrons. The lowest BCUT2D eigenvalue weighted by molar-refractivity contribution is 0.100. The summed E-state index contributed by atoms with van der Waals surface area (Å²) in [6, 6.07) is 9.30. The molecule has 3 aromatic rings. The van der Waals surface area contributed by atoms with E-state index in [-0.39, 0.29) is 0 Å². The van der Waals surface area contributed by atoms with Crippen molar-refractivity contribution in [3.8, 4) is 0 Å². The zero-order valence-electron chi connectivity index (χ0n) is 8.92. The number of rotatable bonds is 1. The number of carbonyl (C=O) groups is 1. The third-order valence-electron chi connectivity index (χ3n) is 2.78. The van der Waals surface area contributed by atoms with E-state index in [0.29, 0.717) is 5.56 Å². The molecule has 0 spiro atoms. The average Bonchev–Trinajstić information content (AvgIpc) is 2.38. The Morgan fingerprint density at radius 2 is 1.88 bits per heavy atom. The van der Waals surface area contributed by atoms with E-state index >= 15 is 0 Å². The topological polar surface area (TPSA) is 68.9 Å². The fourth-order valence-corrected chi connectivity index (χ4v) is 1.93. The Hall–Kier alpha value is -2.49. The van der Waals surface area contributed by atoms with E-state index in [0.717, 1.165) is 21.7 Å². The Bertz CT molecular complexity index is 737. The van der Waals surface area contributed by atoms with Gasteiger partial charge < -0.3 is 5.73 Å². The van der Waals surface area contributed by atoms with Crippen LogP contribution < -0.4 is 5.73 Å². The number of hydrogen-bond donors (Lipinski definition) is 1. The van der Waals surface area contributed by atoms with E-state index in [1.165, 1.54) is 6.33 Å².